The van der Waals surface area contributed by atoms with E-state index in [0.717, 1.165) is 34.9 Å². The Bertz CT molecular complexity index is 1280. The first-order chi connectivity index (χ1) is 15.1. The summed E-state index contributed by atoms with van der Waals surface area (Å²) in [5.41, 5.74) is 1.96. The van der Waals surface area contributed by atoms with Gasteiger partial charge in [0.2, 0.25) is 0 Å². The molecule has 1 aliphatic carbocycles. The summed E-state index contributed by atoms with van der Waals surface area (Å²) in [6.07, 6.45) is 2.91. The Morgan fingerprint density at radius 1 is 1.28 bits per heavy atom. The number of carbonyl (C=O) groups is 1. The van der Waals surface area contributed by atoms with Crippen molar-refractivity contribution < 1.29 is 4.79 Å². The van der Waals surface area contributed by atoms with Gasteiger partial charge in [0.15, 0.2) is 5.11 Å². The number of hydrogen-bond donors (Lipinski definition) is 2. The van der Waals surface area contributed by atoms with Crippen LogP contribution in [0.3, 0.4) is 0 Å². The molecule has 0 fully saturated rings. The molecule has 4 rings (SSSR count). The second-order valence-corrected chi connectivity index (χ2v) is 12.3. The molecule has 2 heterocycles. The molecule has 0 aliphatic heterocycles. The molecule has 2 N–H and O–H groups in total. The Kier molecular flexibility index (Phi) is 6.54. The maximum Gasteiger partial charge on any atom is 0.269 e. The van der Waals surface area contributed by atoms with Gasteiger partial charge in [-0.1, -0.05) is 50.0 Å². The highest BCUT2D eigenvalue weighted by Crippen LogP contribution is 2.44. The summed E-state index contributed by atoms with van der Waals surface area (Å²) in [6.45, 7) is 6.79. The monoisotopic (exact) mass is 521 g/mol. The van der Waals surface area contributed by atoms with E-state index in [4.69, 9.17) is 35.4 Å². The predicted octanol–water partition coefficient (Wildman–Crippen LogP) is 7.42. The van der Waals surface area contributed by atoms with Gasteiger partial charge in [0.05, 0.1) is 10.6 Å². The first-order valence-corrected chi connectivity index (χ1v) is 12.9. The molecule has 1 atom stereocenters. The van der Waals surface area contributed by atoms with Crippen molar-refractivity contribution in [3.8, 4) is 6.07 Å². The Balaban J connectivity index is 1.52. The molecule has 1 aromatic carbocycles. The van der Waals surface area contributed by atoms with Gasteiger partial charge in [0, 0.05) is 20.0 Å². The van der Waals surface area contributed by atoms with Gasteiger partial charge in [-0.15, -0.1) is 22.7 Å². The van der Waals surface area contributed by atoms with Gasteiger partial charge in [-0.25, -0.2) is 0 Å². The van der Waals surface area contributed by atoms with Crippen LogP contribution in [-0.2, 0) is 12.8 Å². The minimum absolute atomic E-state index is 0.143. The van der Waals surface area contributed by atoms with E-state index in [2.05, 4.69) is 37.5 Å². The van der Waals surface area contributed by atoms with E-state index in [1.807, 2.05) is 0 Å². The van der Waals surface area contributed by atoms with Crippen LogP contribution in [0.4, 0.5) is 5.00 Å². The summed E-state index contributed by atoms with van der Waals surface area (Å²) in [5.74, 6) is 0.181. The average molecular weight is 523 g/mol. The van der Waals surface area contributed by atoms with Crippen molar-refractivity contribution in [1.82, 2.24) is 5.32 Å². The van der Waals surface area contributed by atoms with Gasteiger partial charge < -0.3 is 5.32 Å². The fourth-order valence-electron chi connectivity index (χ4n) is 4.01. The summed E-state index contributed by atoms with van der Waals surface area (Å²) in [6, 6.07) is 7.64. The summed E-state index contributed by atoms with van der Waals surface area (Å²) in [7, 11) is 0. The summed E-state index contributed by atoms with van der Waals surface area (Å²) < 4.78 is 0.831. The van der Waals surface area contributed by atoms with Crippen LogP contribution in [0.25, 0.3) is 10.1 Å². The lowest BCUT2D eigenvalue weighted by atomic mass is 9.72. The SMILES string of the molecule is CC(C)(C)[C@H]1CCc2c(sc(NC(=S)NC(=O)c3sc4cc(Cl)ccc4c3Cl)c2C#N)C1. The Hall–Kier alpha value is -1.69. The molecule has 1 aliphatic rings. The number of rotatable bonds is 2. The smallest absolute Gasteiger partial charge is 0.269 e. The molecule has 3 aromatic rings. The van der Waals surface area contributed by atoms with Crippen LogP contribution in [0.1, 0.15) is 52.9 Å². The molecule has 0 saturated heterocycles. The summed E-state index contributed by atoms with van der Waals surface area (Å²) in [5, 5.41) is 18.1. The van der Waals surface area contributed by atoms with Crippen molar-refractivity contribution in [2.24, 2.45) is 11.3 Å². The molecular formula is C23H21Cl2N3OS3. The molecule has 4 nitrogen and oxygen atoms in total. The molecule has 0 spiro atoms. The van der Waals surface area contributed by atoms with E-state index in [1.54, 1.807) is 29.5 Å². The molecule has 166 valence electrons. The fraction of sp³-hybridized carbons (Fsp3) is 0.348. The van der Waals surface area contributed by atoms with Crippen molar-refractivity contribution in [1.29, 1.82) is 5.26 Å². The minimum atomic E-state index is -0.391. The molecule has 0 unspecified atom stereocenters. The van der Waals surface area contributed by atoms with Crippen molar-refractivity contribution >= 4 is 84.2 Å². The van der Waals surface area contributed by atoms with Crippen molar-refractivity contribution in [2.75, 3.05) is 5.32 Å². The number of nitrogens with one attached hydrogen (secondary N) is 2. The topological polar surface area (TPSA) is 64.9 Å². The van der Waals surface area contributed by atoms with Crippen LogP contribution in [0.15, 0.2) is 18.2 Å². The molecule has 0 saturated carbocycles. The van der Waals surface area contributed by atoms with Gasteiger partial charge in [-0.05, 0) is 60.5 Å². The lowest BCUT2D eigenvalue weighted by molar-refractivity contribution is 0.0982. The first-order valence-electron chi connectivity index (χ1n) is 10.1. The van der Waals surface area contributed by atoms with E-state index in [-0.39, 0.29) is 10.5 Å². The van der Waals surface area contributed by atoms with E-state index < -0.39 is 5.91 Å². The number of amides is 1. The third-order valence-corrected chi connectivity index (χ3v) is 9.12. The number of halogens is 2. The molecule has 0 bridgehead atoms. The quantitative estimate of drug-likeness (QED) is 0.344. The zero-order chi connectivity index (χ0) is 23.2. The first kappa shape index (κ1) is 23.5. The highest BCUT2D eigenvalue weighted by Gasteiger charge is 2.32. The van der Waals surface area contributed by atoms with E-state index in [0.29, 0.717) is 31.4 Å². The zero-order valence-electron chi connectivity index (χ0n) is 17.8. The third-order valence-electron chi connectivity index (χ3n) is 5.85. The highest BCUT2D eigenvalue weighted by atomic mass is 35.5. The Morgan fingerprint density at radius 2 is 2.03 bits per heavy atom. The molecule has 2 aromatic heterocycles. The zero-order valence-corrected chi connectivity index (χ0v) is 21.7. The number of hydrogen-bond acceptors (Lipinski definition) is 5. The van der Waals surface area contributed by atoms with Gasteiger partial charge in [-0.2, -0.15) is 5.26 Å². The van der Waals surface area contributed by atoms with Crippen LogP contribution in [-0.4, -0.2) is 11.0 Å². The molecular weight excluding hydrogens is 501 g/mol. The summed E-state index contributed by atoms with van der Waals surface area (Å²) in [4.78, 5) is 14.4. The molecule has 1 amide bonds. The minimum Gasteiger partial charge on any atom is -0.323 e. The second-order valence-electron chi connectivity index (χ2n) is 8.92. The second kappa shape index (κ2) is 8.92. The predicted molar refractivity (Wildman–Crippen MR) is 140 cm³/mol. The largest absolute Gasteiger partial charge is 0.323 e. The highest BCUT2D eigenvalue weighted by molar-refractivity contribution is 7.80. The Labute approximate surface area is 210 Å². The normalized spacial score (nSPS) is 15.8. The van der Waals surface area contributed by atoms with Crippen LogP contribution >= 0.6 is 58.1 Å². The van der Waals surface area contributed by atoms with Gasteiger partial charge in [0.1, 0.15) is 15.9 Å². The lowest BCUT2D eigenvalue weighted by Crippen LogP contribution is -2.33. The number of thiocarbonyl (C=S) groups is 1. The van der Waals surface area contributed by atoms with Gasteiger partial charge in [0.25, 0.3) is 5.91 Å². The maximum atomic E-state index is 12.8. The van der Waals surface area contributed by atoms with Crippen molar-refractivity contribution in [2.45, 2.75) is 40.0 Å². The van der Waals surface area contributed by atoms with Crippen molar-refractivity contribution in [3.63, 3.8) is 0 Å². The summed E-state index contributed by atoms with van der Waals surface area (Å²) >= 11 is 20.7. The number of thiophene rings is 2. The van der Waals surface area contributed by atoms with E-state index in [9.17, 15) is 10.1 Å². The number of nitriles is 1. The number of benzene rings is 1. The third kappa shape index (κ3) is 4.52. The molecule has 9 heteroatoms. The van der Waals surface area contributed by atoms with Crippen molar-refractivity contribution in [3.05, 3.63) is 49.1 Å². The van der Waals surface area contributed by atoms with Crippen LogP contribution in [0, 0.1) is 22.7 Å². The van der Waals surface area contributed by atoms with Crippen LogP contribution in [0.5, 0.6) is 0 Å². The number of carbonyl (C=O) groups excluding carboxylic acids is 1. The fourth-order valence-corrected chi connectivity index (χ4v) is 7.24. The molecule has 0 radical (unpaired) electrons. The van der Waals surface area contributed by atoms with Gasteiger partial charge in [-0.3, -0.25) is 10.1 Å². The number of fused-ring (bicyclic) bond motifs is 2. The number of anilines is 1. The van der Waals surface area contributed by atoms with Crippen LogP contribution in [0.2, 0.25) is 10.0 Å². The average Bonchev–Trinajstić information content (AvgIpc) is 3.22. The number of nitrogens with zero attached hydrogens (tertiary/aromatic N) is 1. The lowest BCUT2D eigenvalue weighted by Gasteiger charge is -2.33. The van der Waals surface area contributed by atoms with E-state index >= 15 is 0 Å². The maximum absolute atomic E-state index is 12.8. The standard InChI is InChI=1S/C23H21Cl2N3OS3/c1-23(2,3)11-4-6-13-15(10-26)21(32-16(13)8-11)28-22(30)27-20(29)19-18(25)14-7-5-12(24)9-17(14)31-19/h5,7,9,11H,4,6,8H2,1-3H3,(H2,27,28,29,30)/t11-/m0/s1. The Morgan fingerprint density at radius 3 is 2.72 bits per heavy atom. The molecule has 32 heavy (non-hydrogen) atoms. The van der Waals surface area contributed by atoms with Crippen LogP contribution < -0.4 is 10.6 Å². The van der Waals surface area contributed by atoms with E-state index in [1.165, 1.54) is 16.2 Å². The van der Waals surface area contributed by atoms with Gasteiger partial charge >= 0.3 is 0 Å².